The Labute approximate surface area is 82.1 Å². The van der Waals surface area contributed by atoms with Crippen molar-refractivity contribution in [3.8, 4) is 0 Å². The van der Waals surface area contributed by atoms with Crippen LogP contribution in [0.25, 0.3) is 0 Å². The van der Waals surface area contributed by atoms with Crippen LogP contribution in [0.2, 0.25) is 0 Å². The van der Waals surface area contributed by atoms with E-state index in [-0.39, 0.29) is 0 Å². The predicted octanol–water partition coefficient (Wildman–Crippen LogP) is 4.01. The van der Waals surface area contributed by atoms with Gasteiger partial charge in [-0.2, -0.15) is 0 Å². The molecule has 0 nitrogen and oxygen atoms in total. The lowest BCUT2D eigenvalue weighted by molar-refractivity contribution is 0.853. The molecule has 0 aromatic heterocycles. The highest BCUT2D eigenvalue weighted by Gasteiger charge is 2.32. The molecule has 0 bridgehead atoms. The van der Waals surface area contributed by atoms with Gasteiger partial charge in [0.1, 0.15) is 0 Å². The van der Waals surface area contributed by atoms with Crippen molar-refractivity contribution >= 4 is 23.5 Å². The summed E-state index contributed by atoms with van der Waals surface area (Å²) in [5, 5.41) is 0. The molecule has 0 saturated heterocycles. The Bertz CT molecular complexity index is 269. The Morgan fingerprint density at radius 1 is 1.17 bits per heavy atom. The number of hydrogen-bond acceptors (Lipinski definition) is 2. The monoisotopic (exact) mass is 196 g/mol. The zero-order chi connectivity index (χ0) is 8.60. The standard InChI is InChI=1S/C10H12S2/c1-3-10(2)11-8-6-4-5-7-9(8)12-10/h4-7H,3H2,1-2H3. The number of rotatable bonds is 1. The van der Waals surface area contributed by atoms with E-state index in [2.05, 4.69) is 38.1 Å². The highest BCUT2D eigenvalue weighted by atomic mass is 32.2. The second-order valence-electron chi connectivity index (χ2n) is 3.14. The van der Waals surface area contributed by atoms with Gasteiger partial charge in [0.2, 0.25) is 0 Å². The molecular formula is C10H12S2. The summed E-state index contributed by atoms with van der Waals surface area (Å²) < 4.78 is 0.379. The van der Waals surface area contributed by atoms with Crippen molar-refractivity contribution in [3.63, 3.8) is 0 Å². The predicted molar refractivity (Wildman–Crippen MR) is 56.9 cm³/mol. The smallest absolute Gasteiger partial charge is 0.0675 e. The molecule has 2 heteroatoms. The SMILES string of the molecule is CCC1(C)Sc2ccccc2S1. The zero-order valence-electron chi connectivity index (χ0n) is 7.33. The molecule has 0 fully saturated rings. The fourth-order valence-corrected chi connectivity index (χ4v) is 4.05. The minimum absolute atomic E-state index is 0.379. The molecule has 1 aliphatic rings. The maximum absolute atomic E-state index is 2.32. The van der Waals surface area contributed by atoms with Gasteiger partial charge in [-0.1, -0.05) is 19.1 Å². The summed E-state index contributed by atoms with van der Waals surface area (Å²) in [5.74, 6) is 0. The molecule has 1 aromatic rings. The maximum atomic E-state index is 2.32. The first-order valence-corrected chi connectivity index (χ1v) is 5.84. The van der Waals surface area contributed by atoms with Crippen LogP contribution in [-0.4, -0.2) is 4.08 Å². The summed E-state index contributed by atoms with van der Waals surface area (Å²) in [5.41, 5.74) is 0. The van der Waals surface area contributed by atoms with E-state index in [0.717, 1.165) is 0 Å². The molecular weight excluding hydrogens is 184 g/mol. The third-order valence-corrected chi connectivity index (χ3v) is 5.37. The lowest BCUT2D eigenvalue weighted by Gasteiger charge is -2.18. The normalized spacial score (nSPS) is 19.2. The van der Waals surface area contributed by atoms with Crippen LogP contribution in [0.4, 0.5) is 0 Å². The number of thioether (sulfide) groups is 2. The van der Waals surface area contributed by atoms with E-state index in [9.17, 15) is 0 Å². The minimum atomic E-state index is 0.379. The lowest BCUT2D eigenvalue weighted by Crippen LogP contribution is -2.07. The van der Waals surface area contributed by atoms with Crippen LogP contribution in [0.15, 0.2) is 34.1 Å². The van der Waals surface area contributed by atoms with E-state index < -0.39 is 0 Å². The summed E-state index contributed by atoms with van der Waals surface area (Å²) in [7, 11) is 0. The Hall–Kier alpha value is -0.0800. The van der Waals surface area contributed by atoms with Gasteiger partial charge in [-0.05, 0) is 25.5 Å². The van der Waals surface area contributed by atoms with Crippen LogP contribution in [0.5, 0.6) is 0 Å². The van der Waals surface area contributed by atoms with Crippen molar-refractivity contribution in [2.24, 2.45) is 0 Å². The largest absolute Gasteiger partial charge is 0.107 e. The maximum Gasteiger partial charge on any atom is 0.0675 e. The quantitative estimate of drug-likeness (QED) is 0.665. The molecule has 0 N–H and O–H groups in total. The van der Waals surface area contributed by atoms with Crippen LogP contribution in [0, 0.1) is 0 Å². The molecule has 0 unspecified atom stereocenters. The molecule has 1 heterocycles. The lowest BCUT2D eigenvalue weighted by atomic mass is 10.4. The molecule has 0 radical (unpaired) electrons. The first-order chi connectivity index (χ1) is 5.73. The van der Waals surface area contributed by atoms with E-state index in [1.165, 1.54) is 16.2 Å². The minimum Gasteiger partial charge on any atom is -0.107 e. The third-order valence-electron chi connectivity index (χ3n) is 2.14. The van der Waals surface area contributed by atoms with Crippen molar-refractivity contribution in [1.29, 1.82) is 0 Å². The van der Waals surface area contributed by atoms with Gasteiger partial charge in [-0.15, -0.1) is 23.5 Å². The van der Waals surface area contributed by atoms with Crippen LogP contribution in [0.3, 0.4) is 0 Å². The average Bonchev–Trinajstić information content (AvgIpc) is 2.42. The Balaban J connectivity index is 2.33. The Morgan fingerprint density at radius 2 is 1.67 bits per heavy atom. The fraction of sp³-hybridized carbons (Fsp3) is 0.400. The Morgan fingerprint density at radius 3 is 2.08 bits per heavy atom. The molecule has 0 amide bonds. The van der Waals surface area contributed by atoms with E-state index in [1.54, 1.807) is 0 Å². The van der Waals surface area contributed by atoms with E-state index >= 15 is 0 Å². The summed E-state index contributed by atoms with van der Waals surface area (Å²) in [6.07, 6.45) is 1.22. The molecule has 0 saturated carbocycles. The third kappa shape index (κ3) is 1.38. The molecule has 0 atom stereocenters. The number of hydrogen-bond donors (Lipinski definition) is 0. The van der Waals surface area contributed by atoms with Gasteiger partial charge >= 0.3 is 0 Å². The summed E-state index contributed by atoms with van der Waals surface area (Å²) in [4.78, 5) is 2.90. The summed E-state index contributed by atoms with van der Waals surface area (Å²) >= 11 is 4.00. The number of fused-ring (bicyclic) bond motifs is 1. The van der Waals surface area contributed by atoms with Crippen molar-refractivity contribution < 1.29 is 0 Å². The van der Waals surface area contributed by atoms with Crippen molar-refractivity contribution in [2.75, 3.05) is 0 Å². The van der Waals surface area contributed by atoms with Gasteiger partial charge in [0.25, 0.3) is 0 Å². The van der Waals surface area contributed by atoms with Gasteiger partial charge in [0, 0.05) is 9.79 Å². The zero-order valence-corrected chi connectivity index (χ0v) is 8.97. The van der Waals surface area contributed by atoms with Gasteiger partial charge in [-0.25, -0.2) is 0 Å². The molecule has 64 valence electrons. The highest BCUT2D eigenvalue weighted by Crippen LogP contribution is 2.56. The second kappa shape index (κ2) is 3.00. The van der Waals surface area contributed by atoms with Crippen molar-refractivity contribution in [1.82, 2.24) is 0 Å². The van der Waals surface area contributed by atoms with E-state index in [0.29, 0.717) is 4.08 Å². The van der Waals surface area contributed by atoms with Gasteiger partial charge < -0.3 is 0 Å². The summed E-state index contributed by atoms with van der Waals surface area (Å²) in [6.45, 7) is 4.58. The van der Waals surface area contributed by atoms with Gasteiger partial charge in [-0.3, -0.25) is 0 Å². The van der Waals surface area contributed by atoms with E-state index in [1.807, 2.05) is 23.5 Å². The highest BCUT2D eigenvalue weighted by molar-refractivity contribution is 8.20. The number of benzene rings is 1. The molecule has 12 heavy (non-hydrogen) atoms. The Kier molecular flexibility index (Phi) is 2.13. The molecule has 2 rings (SSSR count). The van der Waals surface area contributed by atoms with E-state index in [4.69, 9.17) is 0 Å². The van der Waals surface area contributed by atoms with Crippen LogP contribution in [-0.2, 0) is 0 Å². The molecule has 1 aliphatic heterocycles. The molecule has 0 aliphatic carbocycles. The first-order valence-electron chi connectivity index (χ1n) is 4.20. The molecule has 1 aromatic carbocycles. The average molecular weight is 196 g/mol. The van der Waals surface area contributed by atoms with Crippen LogP contribution >= 0.6 is 23.5 Å². The first kappa shape index (κ1) is 8.52. The second-order valence-corrected chi connectivity index (χ2v) is 6.49. The van der Waals surface area contributed by atoms with Crippen molar-refractivity contribution in [2.45, 2.75) is 34.1 Å². The molecule has 0 spiro atoms. The van der Waals surface area contributed by atoms with Crippen LogP contribution < -0.4 is 0 Å². The fourth-order valence-electron chi connectivity index (χ4n) is 1.25. The van der Waals surface area contributed by atoms with Crippen LogP contribution in [0.1, 0.15) is 20.3 Å². The van der Waals surface area contributed by atoms with Crippen molar-refractivity contribution in [3.05, 3.63) is 24.3 Å². The summed E-state index contributed by atoms with van der Waals surface area (Å²) in [6, 6.07) is 8.67. The van der Waals surface area contributed by atoms with Gasteiger partial charge in [0.05, 0.1) is 4.08 Å². The van der Waals surface area contributed by atoms with Gasteiger partial charge in [0.15, 0.2) is 0 Å². The topological polar surface area (TPSA) is 0 Å².